The summed E-state index contributed by atoms with van der Waals surface area (Å²) in [7, 11) is 0. The minimum atomic E-state index is -0.175. The molecule has 3 heteroatoms. The standard InChI is InChI=1S/C22H24O2S/c1-4-24-22(23)19-18(16-11-7-5-8-12-16)21(25-20(19)15(2)3)17-13-9-6-10-14-17/h5-15,20-21H,4H2,1-3H3. The van der Waals surface area contributed by atoms with Crippen molar-refractivity contribution in [2.45, 2.75) is 31.3 Å². The first-order chi connectivity index (χ1) is 12.1. The average Bonchev–Trinajstić information content (AvgIpc) is 3.04. The van der Waals surface area contributed by atoms with Gasteiger partial charge in [-0.3, -0.25) is 0 Å². The third kappa shape index (κ3) is 3.67. The lowest BCUT2D eigenvalue weighted by atomic mass is 9.89. The van der Waals surface area contributed by atoms with E-state index >= 15 is 0 Å². The van der Waals surface area contributed by atoms with Crippen LogP contribution in [0.25, 0.3) is 5.57 Å². The van der Waals surface area contributed by atoms with E-state index in [0.717, 1.165) is 16.7 Å². The molecule has 1 aliphatic heterocycles. The molecule has 0 aliphatic carbocycles. The van der Waals surface area contributed by atoms with E-state index in [1.165, 1.54) is 5.56 Å². The van der Waals surface area contributed by atoms with Crippen LogP contribution in [0.2, 0.25) is 0 Å². The molecule has 0 radical (unpaired) electrons. The molecule has 0 spiro atoms. The minimum absolute atomic E-state index is 0.138. The molecule has 1 heterocycles. The van der Waals surface area contributed by atoms with E-state index in [-0.39, 0.29) is 16.5 Å². The Kier molecular flexibility index (Phi) is 5.64. The number of ether oxygens (including phenoxy) is 1. The summed E-state index contributed by atoms with van der Waals surface area (Å²) in [5.74, 6) is 0.183. The highest BCUT2D eigenvalue weighted by Crippen LogP contribution is 2.55. The van der Waals surface area contributed by atoms with Crippen molar-refractivity contribution >= 4 is 23.3 Å². The SMILES string of the molecule is CCOC(=O)C1=C(c2ccccc2)C(c2ccccc2)SC1C(C)C. The number of carbonyl (C=O) groups is 1. The molecular formula is C22H24O2S. The summed E-state index contributed by atoms with van der Waals surface area (Å²) in [6.07, 6.45) is 0. The highest BCUT2D eigenvalue weighted by molar-refractivity contribution is 8.01. The van der Waals surface area contributed by atoms with Crippen LogP contribution in [0.15, 0.2) is 66.2 Å². The fourth-order valence-electron chi connectivity index (χ4n) is 3.30. The smallest absolute Gasteiger partial charge is 0.335 e. The van der Waals surface area contributed by atoms with Gasteiger partial charge in [0, 0.05) is 5.25 Å². The van der Waals surface area contributed by atoms with E-state index in [1.54, 1.807) is 0 Å². The molecule has 2 aromatic carbocycles. The predicted molar refractivity (Wildman–Crippen MR) is 105 cm³/mol. The Morgan fingerprint density at radius 1 is 1.04 bits per heavy atom. The van der Waals surface area contributed by atoms with Crippen LogP contribution in [0, 0.1) is 5.92 Å². The van der Waals surface area contributed by atoms with Crippen molar-refractivity contribution in [2.75, 3.05) is 6.61 Å². The van der Waals surface area contributed by atoms with Gasteiger partial charge in [0.1, 0.15) is 0 Å². The van der Waals surface area contributed by atoms with Crippen molar-refractivity contribution < 1.29 is 9.53 Å². The third-order valence-electron chi connectivity index (χ3n) is 4.41. The molecule has 3 rings (SSSR count). The van der Waals surface area contributed by atoms with Gasteiger partial charge in [0.05, 0.1) is 17.4 Å². The molecule has 25 heavy (non-hydrogen) atoms. The van der Waals surface area contributed by atoms with Crippen LogP contribution >= 0.6 is 11.8 Å². The molecule has 0 bridgehead atoms. The third-order valence-corrected chi connectivity index (χ3v) is 6.26. The van der Waals surface area contributed by atoms with Crippen molar-refractivity contribution in [3.63, 3.8) is 0 Å². The van der Waals surface area contributed by atoms with Crippen LogP contribution in [-0.4, -0.2) is 17.8 Å². The second-order valence-electron chi connectivity index (χ2n) is 6.51. The topological polar surface area (TPSA) is 26.3 Å². The van der Waals surface area contributed by atoms with Gasteiger partial charge in [0.15, 0.2) is 0 Å². The van der Waals surface area contributed by atoms with Crippen LogP contribution in [0.4, 0.5) is 0 Å². The highest BCUT2D eigenvalue weighted by Gasteiger charge is 2.41. The van der Waals surface area contributed by atoms with E-state index in [9.17, 15) is 4.79 Å². The number of benzene rings is 2. The van der Waals surface area contributed by atoms with E-state index in [2.05, 4.69) is 50.2 Å². The number of esters is 1. The number of hydrogen-bond donors (Lipinski definition) is 0. The van der Waals surface area contributed by atoms with Crippen molar-refractivity contribution in [3.05, 3.63) is 77.4 Å². The van der Waals surface area contributed by atoms with Crippen LogP contribution < -0.4 is 0 Å². The first-order valence-electron chi connectivity index (χ1n) is 8.80. The van der Waals surface area contributed by atoms with Gasteiger partial charge in [-0.25, -0.2) is 4.79 Å². The first kappa shape index (κ1) is 17.8. The second kappa shape index (κ2) is 7.92. The summed E-state index contributed by atoms with van der Waals surface area (Å²) in [5, 5.41) is 0.287. The summed E-state index contributed by atoms with van der Waals surface area (Å²) in [6, 6.07) is 20.7. The monoisotopic (exact) mass is 352 g/mol. The Morgan fingerprint density at radius 2 is 1.64 bits per heavy atom. The number of rotatable bonds is 5. The predicted octanol–water partition coefficient (Wildman–Crippen LogP) is 5.52. The van der Waals surface area contributed by atoms with Gasteiger partial charge in [0.25, 0.3) is 0 Å². The Morgan fingerprint density at radius 3 is 2.20 bits per heavy atom. The molecule has 0 amide bonds. The van der Waals surface area contributed by atoms with Gasteiger partial charge in [0.2, 0.25) is 0 Å². The minimum Gasteiger partial charge on any atom is -0.463 e. The summed E-state index contributed by atoms with van der Waals surface area (Å²) in [6.45, 7) is 6.61. The molecule has 1 aliphatic rings. The molecule has 2 aromatic rings. The molecule has 0 fully saturated rings. The Bertz CT molecular complexity index is 750. The fraction of sp³-hybridized carbons (Fsp3) is 0.318. The number of carbonyl (C=O) groups excluding carboxylic acids is 1. The molecule has 2 nitrogen and oxygen atoms in total. The van der Waals surface area contributed by atoms with Crippen LogP contribution in [-0.2, 0) is 9.53 Å². The normalized spacial score (nSPS) is 20.2. The zero-order valence-corrected chi connectivity index (χ0v) is 15.8. The van der Waals surface area contributed by atoms with E-state index in [0.29, 0.717) is 12.5 Å². The summed E-state index contributed by atoms with van der Waals surface area (Å²) >= 11 is 1.86. The molecule has 0 saturated heterocycles. The summed E-state index contributed by atoms with van der Waals surface area (Å²) in [5.41, 5.74) is 4.28. The number of thioether (sulfide) groups is 1. The zero-order valence-electron chi connectivity index (χ0n) is 14.9. The van der Waals surface area contributed by atoms with Gasteiger partial charge in [-0.05, 0) is 29.5 Å². The fourth-order valence-corrected chi connectivity index (χ4v) is 4.98. The van der Waals surface area contributed by atoms with E-state index in [4.69, 9.17) is 4.74 Å². The van der Waals surface area contributed by atoms with Crippen LogP contribution in [0.5, 0.6) is 0 Å². The lowest BCUT2D eigenvalue weighted by molar-refractivity contribution is -0.138. The van der Waals surface area contributed by atoms with E-state index < -0.39 is 0 Å². The first-order valence-corrected chi connectivity index (χ1v) is 9.74. The molecule has 2 unspecified atom stereocenters. The van der Waals surface area contributed by atoms with Gasteiger partial charge >= 0.3 is 5.97 Å². The van der Waals surface area contributed by atoms with Gasteiger partial charge in [-0.1, -0.05) is 74.5 Å². The Balaban J connectivity index is 2.18. The Labute approximate surface area is 154 Å². The molecule has 0 N–H and O–H groups in total. The van der Waals surface area contributed by atoms with Crippen molar-refractivity contribution in [3.8, 4) is 0 Å². The zero-order chi connectivity index (χ0) is 17.8. The quantitative estimate of drug-likeness (QED) is 0.663. The lowest BCUT2D eigenvalue weighted by Gasteiger charge is -2.18. The molecule has 0 saturated carbocycles. The molecule has 0 aromatic heterocycles. The van der Waals surface area contributed by atoms with Crippen LogP contribution in [0.3, 0.4) is 0 Å². The molecular weight excluding hydrogens is 328 g/mol. The molecule has 130 valence electrons. The van der Waals surface area contributed by atoms with Gasteiger partial charge in [-0.15, -0.1) is 11.8 Å². The maximum atomic E-state index is 12.8. The maximum Gasteiger partial charge on any atom is 0.335 e. The van der Waals surface area contributed by atoms with Gasteiger partial charge in [-0.2, -0.15) is 0 Å². The molecule has 2 atom stereocenters. The van der Waals surface area contributed by atoms with Crippen molar-refractivity contribution in [1.82, 2.24) is 0 Å². The number of hydrogen-bond acceptors (Lipinski definition) is 3. The summed E-state index contributed by atoms with van der Waals surface area (Å²) < 4.78 is 5.43. The largest absolute Gasteiger partial charge is 0.463 e. The highest BCUT2D eigenvalue weighted by atomic mass is 32.2. The Hall–Kier alpha value is -2.00. The van der Waals surface area contributed by atoms with Crippen LogP contribution in [0.1, 0.15) is 37.1 Å². The van der Waals surface area contributed by atoms with E-state index in [1.807, 2.05) is 43.0 Å². The second-order valence-corrected chi connectivity index (χ2v) is 7.76. The van der Waals surface area contributed by atoms with Crippen molar-refractivity contribution in [2.24, 2.45) is 5.92 Å². The maximum absolute atomic E-state index is 12.8. The average molecular weight is 352 g/mol. The van der Waals surface area contributed by atoms with Crippen molar-refractivity contribution in [1.29, 1.82) is 0 Å². The summed E-state index contributed by atoms with van der Waals surface area (Å²) in [4.78, 5) is 12.8. The van der Waals surface area contributed by atoms with Gasteiger partial charge < -0.3 is 4.74 Å². The lowest BCUT2D eigenvalue weighted by Crippen LogP contribution is -2.20.